The molecule has 2 rings (SSSR count). The van der Waals surface area contributed by atoms with Gasteiger partial charge in [0.2, 0.25) is 5.91 Å². The molecule has 0 aliphatic carbocycles. The molecule has 19 heavy (non-hydrogen) atoms. The van der Waals surface area contributed by atoms with Crippen LogP contribution >= 0.6 is 0 Å². The Labute approximate surface area is 111 Å². The van der Waals surface area contributed by atoms with E-state index in [0.29, 0.717) is 13.0 Å². The summed E-state index contributed by atoms with van der Waals surface area (Å²) in [6.07, 6.45) is 5.19. The highest BCUT2D eigenvalue weighted by molar-refractivity contribution is 5.92. The van der Waals surface area contributed by atoms with Crippen molar-refractivity contribution in [2.24, 2.45) is 5.73 Å². The third-order valence-electron chi connectivity index (χ3n) is 2.70. The largest absolute Gasteiger partial charge is 0.330 e. The number of para-hydroxylation sites is 2. The van der Waals surface area contributed by atoms with Gasteiger partial charge in [0.1, 0.15) is 12.7 Å². The number of carbonyl (C=O) groups excluding carboxylic acids is 1. The number of nitrogens with zero attached hydrogens (tertiary/aromatic N) is 3. The lowest BCUT2D eigenvalue weighted by atomic mass is 10.2. The fraction of sp³-hybridized carbons (Fsp3) is 0.308. The first kappa shape index (κ1) is 13.2. The molecule has 3 N–H and O–H groups in total. The summed E-state index contributed by atoms with van der Waals surface area (Å²) in [5.74, 6) is -0.0129. The lowest BCUT2D eigenvalue weighted by Gasteiger charge is -2.10. The van der Waals surface area contributed by atoms with Gasteiger partial charge in [-0.15, -0.1) is 0 Å². The molecule has 6 nitrogen and oxygen atoms in total. The van der Waals surface area contributed by atoms with Gasteiger partial charge in [0.05, 0.1) is 11.4 Å². The number of rotatable bonds is 6. The quantitative estimate of drug-likeness (QED) is 0.766. The van der Waals surface area contributed by atoms with Gasteiger partial charge in [-0.3, -0.25) is 4.79 Å². The lowest BCUT2D eigenvalue weighted by Crippen LogP contribution is -2.14. The van der Waals surface area contributed by atoms with Crippen molar-refractivity contribution in [2.75, 3.05) is 11.9 Å². The SMILES string of the molecule is NCCCCC(=O)Nc1ccccc1-n1cncn1. The highest BCUT2D eigenvalue weighted by atomic mass is 16.1. The van der Waals surface area contributed by atoms with Crippen LogP contribution in [-0.2, 0) is 4.79 Å². The van der Waals surface area contributed by atoms with Crippen molar-refractivity contribution >= 4 is 11.6 Å². The maximum absolute atomic E-state index is 11.8. The van der Waals surface area contributed by atoms with Crippen LogP contribution in [0.2, 0.25) is 0 Å². The molecule has 6 heteroatoms. The zero-order valence-corrected chi connectivity index (χ0v) is 10.6. The molecule has 1 amide bonds. The number of unbranched alkanes of at least 4 members (excludes halogenated alkanes) is 1. The second kappa shape index (κ2) is 6.65. The molecule has 0 spiro atoms. The number of nitrogens with two attached hydrogens (primary N) is 1. The van der Waals surface area contributed by atoms with Crippen LogP contribution in [0, 0.1) is 0 Å². The van der Waals surface area contributed by atoms with Gasteiger partial charge in [-0.2, -0.15) is 5.10 Å². The van der Waals surface area contributed by atoms with Crippen molar-refractivity contribution in [2.45, 2.75) is 19.3 Å². The summed E-state index contributed by atoms with van der Waals surface area (Å²) in [5.41, 5.74) is 6.93. The number of benzene rings is 1. The van der Waals surface area contributed by atoms with E-state index in [2.05, 4.69) is 15.4 Å². The van der Waals surface area contributed by atoms with Gasteiger partial charge < -0.3 is 11.1 Å². The van der Waals surface area contributed by atoms with Crippen molar-refractivity contribution in [1.29, 1.82) is 0 Å². The van der Waals surface area contributed by atoms with Gasteiger partial charge >= 0.3 is 0 Å². The van der Waals surface area contributed by atoms with E-state index >= 15 is 0 Å². The first-order valence-electron chi connectivity index (χ1n) is 6.25. The molecule has 0 aliphatic rings. The van der Waals surface area contributed by atoms with E-state index < -0.39 is 0 Å². The number of aromatic nitrogens is 3. The average Bonchev–Trinajstić information content (AvgIpc) is 2.93. The summed E-state index contributed by atoms with van der Waals surface area (Å²) < 4.78 is 1.62. The molecule has 1 aromatic carbocycles. The first-order chi connectivity index (χ1) is 9.31. The summed E-state index contributed by atoms with van der Waals surface area (Å²) in [6.45, 7) is 0.614. The normalized spacial score (nSPS) is 10.4. The van der Waals surface area contributed by atoms with Crippen molar-refractivity contribution in [3.8, 4) is 5.69 Å². The van der Waals surface area contributed by atoms with Gasteiger partial charge in [-0.25, -0.2) is 9.67 Å². The van der Waals surface area contributed by atoms with E-state index in [4.69, 9.17) is 5.73 Å². The van der Waals surface area contributed by atoms with E-state index in [1.807, 2.05) is 24.3 Å². The van der Waals surface area contributed by atoms with E-state index in [9.17, 15) is 4.79 Å². The highest BCUT2D eigenvalue weighted by Crippen LogP contribution is 2.18. The maximum atomic E-state index is 11.8. The molecule has 0 aliphatic heterocycles. The second-order valence-electron chi connectivity index (χ2n) is 4.15. The predicted octanol–water partition coefficient (Wildman–Crippen LogP) is 1.33. The zero-order valence-electron chi connectivity index (χ0n) is 10.6. The molecular weight excluding hydrogens is 242 g/mol. The Morgan fingerprint density at radius 1 is 1.32 bits per heavy atom. The molecule has 0 unspecified atom stereocenters. The third kappa shape index (κ3) is 3.62. The topological polar surface area (TPSA) is 85.8 Å². The van der Waals surface area contributed by atoms with Gasteiger partial charge in [0.25, 0.3) is 0 Å². The predicted molar refractivity (Wildman–Crippen MR) is 72.9 cm³/mol. The average molecular weight is 259 g/mol. The molecule has 0 bridgehead atoms. The Morgan fingerprint density at radius 2 is 2.16 bits per heavy atom. The minimum Gasteiger partial charge on any atom is -0.330 e. The zero-order chi connectivity index (χ0) is 13.5. The fourth-order valence-electron chi connectivity index (χ4n) is 1.75. The molecule has 0 fully saturated rings. The summed E-state index contributed by atoms with van der Waals surface area (Å²) in [5, 5.41) is 6.96. The second-order valence-corrected chi connectivity index (χ2v) is 4.15. The van der Waals surface area contributed by atoms with Crippen LogP contribution in [0.15, 0.2) is 36.9 Å². The third-order valence-corrected chi connectivity index (χ3v) is 2.70. The number of carbonyl (C=O) groups is 1. The number of nitrogens with one attached hydrogen (secondary N) is 1. The van der Waals surface area contributed by atoms with E-state index in [1.54, 1.807) is 11.0 Å². The monoisotopic (exact) mass is 259 g/mol. The van der Waals surface area contributed by atoms with Crippen molar-refractivity contribution < 1.29 is 4.79 Å². The molecule has 100 valence electrons. The first-order valence-corrected chi connectivity index (χ1v) is 6.25. The van der Waals surface area contributed by atoms with Crippen LogP contribution in [0.1, 0.15) is 19.3 Å². The van der Waals surface area contributed by atoms with Crippen LogP contribution in [-0.4, -0.2) is 27.2 Å². The number of amides is 1. The molecule has 1 heterocycles. The minimum atomic E-state index is -0.0129. The van der Waals surface area contributed by atoms with Crippen LogP contribution in [0.3, 0.4) is 0 Å². The molecule has 0 atom stereocenters. The van der Waals surface area contributed by atoms with Crippen LogP contribution in [0.5, 0.6) is 0 Å². The van der Waals surface area contributed by atoms with Crippen LogP contribution < -0.4 is 11.1 Å². The van der Waals surface area contributed by atoms with Gasteiger partial charge in [-0.1, -0.05) is 12.1 Å². The summed E-state index contributed by atoms with van der Waals surface area (Å²) in [4.78, 5) is 15.7. The van der Waals surface area contributed by atoms with E-state index in [0.717, 1.165) is 24.2 Å². The Morgan fingerprint density at radius 3 is 2.89 bits per heavy atom. The lowest BCUT2D eigenvalue weighted by molar-refractivity contribution is -0.116. The molecule has 0 radical (unpaired) electrons. The Balaban J connectivity index is 2.06. The molecule has 2 aromatic rings. The van der Waals surface area contributed by atoms with Crippen LogP contribution in [0.25, 0.3) is 5.69 Å². The number of hydrogen-bond donors (Lipinski definition) is 2. The van der Waals surface area contributed by atoms with Crippen LogP contribution in [0.4, 0.5) is 5.69 Å². The Bertz CT molecular complexity index is 524. The van der Waals surface area contributed by atoms with Gasteiger partial charge in [0, 0.05) is 6.42 Å². The summed E-state index contributed by atoms with van der Waals surface area (Å²) in [6, 6.07) is 7.49. The van der Waals surface area contributed by atoms with E-state index in [1.165, 1.54) is 6.33 Å². The fourth-order valence-corrected chi connectivity index (χ4v) is 1.75. The summed E-state index contributed by atoms with van der Waals surface area (Å²) in [7, 11) is 0. The molecule has 0 saturated carbocycles. The molecular formula is C13H17N5O. The number of hydrogen-bond acceptors (Lipinski definition) is 4. The highest BCUT2D eigenvalue weighted by Gasteiger charge is 2.08. The Hall–Kier alpha value is -2.21. The van der Waals surface area contributed by atoms with Gasteiger partial charge in [-0.05, 0) is 31.5 Å². The van der Waals surface area contributed by atoms with Crippen molar-refractivity contribution in [3.05, 3.63) is 36.9 Å². The number of anilines is 1. The smallest absolute Gasteiger partial charge is 0.224 e. The minimum absolute atomic E-state index is 0.0129. The van der Waals surface area contributed by atoms with E-state index in [-0.39, 0.29) is 5.91 Å². The van der Waals surface area contributed by atoms with Crippen molar-refractivity contribution in [1.82, 2.24) is 14.8 Å². The van der Waals surface area contributed by atoms with Gasteiger partial charge in [0.15, 0.2) is 0 Å². The molecule has 0 saturated heterocycles. The standard InChI is InChI=1S/C13H17N5O/c14-8-4-3-7-13(19)17-11-5-1-2-6-12(11)18-10-15-9-16-18/h1-2,5-6,9-10H,3-4,7-8,14H2,(H,17,19). The Kier molecular flexibility index (Phi) is 4.63. The molecule has 1 aromatic heterocycles. The summed E-state index contributed by atoms with van der Waals surface area (Å²) >= 11 is 0. The van der Waals surface area contributed by atoms with Crippen molar-refractivity contribution in [3.63, 3.8) is 0 Å². The maximum Gasteiger partial charge on any atom is 0.224 e.